The quantitative estimate of drug-likeness (QED) is 0.304. The van der Waals surface area contributed by atoms with E-state index in [1.165, 1.54) is 6.07 Å². The molecule has 9 nitrogen and oxygen atoms in total. The molecule has 0 amide bonds. The van der Waals surface area contributed by atoms with Gasteiger partial charge in [-0.2, -0.15) is 4.98 Å². The Morgan fingerprint density at radius 3 is 2.70 bits per heavy atom. The molecule has 4 aromatic rings. The smallest absolute Gasteiger partial charge is 0.295 e. The van der Waals surface area contributed by atoms with Gasteiger partial charge in [-0.15, -0.1) is 0 Å². The van der Waals surface area contributed by atoms with Crippen LogP contribution in [0, 0.1) is 5.82 Å². The van der Waals surface area contributed by atoms with Gasteiger partial charge in [-0.1, -0.05) is 11.6 Å². The topological polar surface area (TPSA) is 97.6 Å². The van der Waals surface area contributed by atoms with Gasteiger partial charge in [0, 0.05) is 42.1 Å². The molecule has 5 rings (SSSR count). The predicted octanol–water partition coefficient (Wildman–Crippen LogP) is 5.61. The van der Waals surface area contributed by atoms with Crippen molar-refractivity contribution < 1.29 is 18.3 Å². The lowest BCUT2D eigenvalue weighted by Crippen LogP contribution is -2.36. The third-order valence-electron chi connectivity index (χ3n) is 5.78. The fourth-order valence-corrected chi connectivity index (χ4v) is 4.28. The summed E-state index contributed by atoms with van der Waals surface area (Å²) in [4.78, 5) is 15.5. The summed E-state index contributed by atoms with van der Waals surface area (Å²) >= 11 is 6.30. The molecule has 0 unspecified atom stereocenters. The molecule has 0 saturated carbocycles. The standard InChI is InChI=1S/C26H26ClFN6O3/c1-3-29-26-33-23(16-12-17(27)14-19(13-16)35-2)24(37-26)21-6-7-30-25(32-21)31-18-4-5-22(20(28)15-18)34-8-10-36-11-9-34/h4-7,12-15H,3,8-11H2,1-2H3,(H,29,33)(H,30,31,32). The van der Waals surface area contributed by atoms with Crippen molar-refractivity contribution in [2.75, 3.05) is 55.5 Å². The number of anilines is 4. The first-order valence-corrected chi connectivity index (χ1v) is 12.2. The maximum Gasteiger partial charge on any atom is 0.295 e. The number of aromatic nitrogens is 3. The van der Waals surface area contributed by atoms with Crippen molar-refractivity contribution in [2.24, 2.45) is 0 Å². The van der Waals surface area contributed by atoms with Gasteiger partial charge in [0.25, 0.3) is 6.01 Å². The number of nitrogens with zero attached hydrogens (tertiary/aromatic N) is 4. The Labute approximate surface area is 218 Å². The zero-order valence-electron chi connectivity index (χ0n) is 20.4. The van der Waals surface area contributed by atoms with E-state index in [0.717, 1.165) is 0 Å². The molecule has 0 bridgehead atoms. The lowest BCUT2D eigenvalue weighted by atomic mass is 10.1. The number of oxazole rings is 1. The largest absolute Gasteiger partial charge is 0.497 e. The molecular formula is C26H26ClFN6O3. The van der Waals surface area contributed by atoms with Crippen molar-refractivity contribution >= 4 is 34.9 Å². The highest BCUT2D eigenvalue weighted by Crippen LogP contribution is 2.37. The Morgan fingerprint density at radius 1 is 1.11 bits per heavy atom. The summed E-state index contributed by atoms with van der Waals surface area (Å²) in [7, 11) is 1.57. The van der Waals surface area contributed by atoms with E-state index in [9.17, 15) is 4.39 Å². The zero-order chi connectivity index (χ0) is 25.8. The van der Waals surface area contributed by atoms with Gasteiger partial charge in [0.2, 0.25) is 5.95 Å². The summed E-state index contributed by atoms with van der Waals surface area (Å²) < 4.78 is 31.6. The van der Waals surface area contributed by atoms with Gasteiger partial charge in [0.15, 0.2) is 5.76 Å². The number of ether oxygens (including phenoxy) is 2. The number of nitrogens with one attached hydrogen (secondary N) is 2. The fraction of sp³-hybridized carbons (Fsp3) is 0.269. The molecule has 1 aliphatic heterocycles. The molecule has 11 heteroatoms. The molecule has 2 aromatic heterocycles. The van der Waals surface area contributed by atoms with E-state index in [4.69, 9.17) is 25.5 Å². The molecular weight excluding hydrogens is 499 g/mol. The van der Waals surface area contributed by atoms with Gasteiger partial charge in [-0.25, -0.2) is 14.4 Å². The minimum atomic E-state index is -0.328. The van der Waals surface area contributed by atoms with Crippen molar-refractivity contribution in [3.05, 3.63) is 59.5 Å². The van der Waals surface area contributed by atoms with Gasteiger partial charge >= 0.3 is 0 Å². The molecule has 1 saturated heterocycles. The zero-order valence-corrected chi connectivity index (χ0v) is 21.2. The van der Waals surface area contributed by atoms with Crippen LogP contribution in [0.5, 0.6) is 5.75 Å². The van der Waals surface area contributed by atoms with Crippen LogP contribution in [0.25, 0.3) is 22.7 Å². The van der Waals surface area contributed by atoms with Gasteiger partial charge in [0.05, 0.1) is 26.0 Å². The van der Waals surface area contributed by atoms with E-state index in [2.05, 4.69) is 25.6 Å². The van der Waals surface area contributed by atoms with Crippen molar-refractivity contribution in [1.29, 1.82) is 0 Å². The summed E-state index contributed by atoms with van der Waals surface area (Å²) in [6.45, 7) is 5.05. The lowest BCUT2D eigenvalue weighted by Gasteiger charge is -2.29. The number of morpholine rings is 1. The molecule has 3 heterocycles. The van der Waals surface area contributed by atoms with Crippen LogP contribution in [-0.2, 0) is 4.74 Å². The highest BCUT2D eigenvalue weighted by atomic mass is 35.5. The van der Waals surface area contributed by atoms with E-state index in [1.807, 2.05) is 17.9 Å². The number of hydrogen-bond acceptors (Lipinski definition) is 9. The second-order valence-electron chi connectivity index (χ2n) is 8.26. The highest BCUT2D eigenvalue weighted by molar-refractivity contribution is 6.31. The lowest BCUT2D eigenvalue weighted by molar-refractivity contribution is 0.122. The second kappa shape index (κ2) is 11.0. The van der Waals surface area contributed by atoms with Crippen LogP contribution in [-0.4, -0.2) is 54.9 Å². The van der Waals surface area contributed by atoms with Crippen LogP contribution in [0.1, 0.15) is 6.92 Å². The molecule has 0 aliphatic carbocycles. The van der Waals surface area contributed by atoms with Crippen LogP contribution < -0.4 is 20.3 Å². The molecule has 2 aromatic carbocycles. The monoisotopic (exact) mass is 524 g/mol. The normalized spacial score (nSPS) is 13.5. The second-order valence-corrected chi connectivity index (χ2v) is 8.70. The number of methoxy groups -OCH3 is 1. The van der Waals surface area contributed by atoms with Crippen LogP contribution in [0.3, 0.4) is 0 Å². The summed E-state index contributed by atoms with van der Waals surface area (Å²) in [6.07, 6.45) is 1.60. The minimum Gasteiger partial charge on any atom is -0.497 e. The number of hydrogen-bond donors (Lipinski definition) is 2. The Hall–Kier alpha value is -3.89. The van der Waals surface area contributed by atoms with E-state index in [0.29, 0.717) is 83.7 Å². The van der Waals surface area contributed by atoms with Gasteiger partial charge in [0.1, 0.15) is 23.0 Å². The van der Waals surface area contributed by atoms with Gasteiger partial charge in [-0.3, -0.25) is 0 Å². The molecule has 1 fully saturated rings. The Kier molecular flexibility index (Phi) is 7.38. The van der Waals surface area contributed by atoms with Crippen molar-refractivity contribution in [3.8, 4) is 28.5 Å². The Balaban J connectivity index is 1.45. The molecule has 37 heavy (non-hydrogen) atoms. The summed E-state index contributed by atoms with van der Waals surface area (Å²) in [5.41, 5.74) is 2.82. The van der Waals surface area contributed by atoms with Gasteiger partial charge in [-0.05, 0) is 49.4 Å². The average Bonchev–Trinajstić information content (AvgIpc) is 3.33. The van der Waals surface area contributed by atoms with Crippen molar-refractivity contribution in [1.82, 2.24) is 15.0 Å². The third-order valence-corrected chi connectivity index (χ3v) is 6.00. The Bertz CT molecular complexity index is 1390. The maximum atomic E-state index is 14.9. The SMILES string of the molecule is CCNc1nc(-c2cc(Cl)cc(OC)c2)c(-c2ccnc(Nc3ccc(N4CCOCC4)c(F)c3)n2)o1. The summed E-state index contributed by atoms with van der Waals surface area (Å²) in [5.74, 6) is 0.978. The number of rotatable bonds is 8. The molecule has 2 N–H and O–H groups in total. The van der Waals surface area contributed by atoms with Gasteiger partial charge < -0.3 is 29.4 Å². The van der Waals surface area contributed by atoms with E-state index in [1.54, 1.807) is 43.6 Å². The third kappa shape index (κ3) is 5.60. The van der Waals surface area contributed by atoms with E-state index >= 15 is 0 Å². The average molecular weight is 525 g/mol. The van der Waals surface area contributed by atoms with E-state index in [-0.39, 0.29) is 11.8 Å². The molecule has 0 spiro atoms. The Morgan fingerprint density at radius 2 is 1.95 bits per heavy atom. The van der Waals surface area contributed by atoms with E-state index < -0.39 is 0 Å². The maximum absolute atomic E-state index is 14.9. The first-order chi connectivity index (χ1) is 18.0. The molecule has 1 aliphatic rings. The van der Waals surface area contributed by atoms with Crippen molar-refractivity contribution in [3.63, 3.8) is 0 Å². The molecule has 0 radical (unpaired) electrons. The summed E-state index contributed by atoms with van der Waals surface area (Å²) in [6, 6.07) is 12.4. The number of benzene rings is 2. The predicted molar refractivity (Wildman–Crippen MR) is 141 cm³/mol. The van der Waals surface area contributed by atoms with Crippen LogP contribution in [0.2, 0.25) is 5.02 Å². The molecule has 192 valence electrons. The molecule has 0 atom stereocenters. The first kappa shape index (κ1) is 24.8. The highest BCUT2D eigenvalue weighted by Gasteiger charge is 2.20. The van der Waals surface area contributed by atoms with Crippen LogP contribution in [0.4, 0.5) is 27.7 Å². The summed E-state index contributed by atoms with van der Waals surface area (Å²) in [5, 5.41) is 6.67. The fourth-order valence-electron chi connectivity index (χ4n) is 4.05. The first-order valence-electron chi connectivity index (χ1n) is 11.9. The van der Waals surface area contributed by atoms with Crippen LogP contribution in [0.15, 0.2) is 53.1 Å². The van der Waals surface area contributed by atoms with Crippen LogP contribution >= 0.6 is 11.6 Å². The van der Waals surface area contributed by atoms with Crippen molar-refractivity contribution in [2.45, 2.75) is 6.92 Å². The number of halogens is 2. The minimum absolute atomic E-state index is 0.284.